The highest BCUT2D eigenvalue weighted by molar-refractivity contribution is 5.90. The van der Waals surface area contributed by atoms with Gasteiger partial charge in [0.05, 0.1) is 25.5 Å². The van der Waals surface area contributed by atoms with Gasteiger partial charge in [-0.3, -0.25) is 9.48 Å². The normalized spacial score (nSPS) is 17.5. The van der Waals surface area contributed by atoms with Crippen molar-refractivity contribution in [2.24, 2.45) is 11.7 Å². The molecule has 3 rings (SSSR count). The van der Waals surface area contributed by atoms with Crippen molar-refractivity contribution in [1.29, 1.82) is 0 Å². The number of hydrogen-bond donors (Lipinski definition) is 1. The van der Waals surface area contributed by atoms with Crippen LogP contribution in [0.3, 0.4) is 0 Å². The molecule has 2 N–H and O–H groups in total. The molecule has 0 spiro atoms. The molecular weight excluding hydrogens is 294 g/mol. The molecule has 0 bridgehead atoms. The van der Waals surface area contributed by atoms with E-state index in [2.05, 4.69) is 5.10 Å². The molecule has 2 aromatic rings. The second kappa shape index (κ2) is 7.39. The average molecular weight is 315 g/mol. The molecule has 23 heavy (non-hydrogen) atoms. The Bertz CT molecular complexity index is 648. The van der Waals surface area contributed by atoms with E-state index in [1.54, 1.807) is 6.07 Å². The summed E-state index contributed by atoms with van der Waals surface area (Å²) in [5.41, 5.74) is 7.60. The van der Waals surface area contributed by atoms with Crippen LogP contribution in [-0.2, 0) is 29.2 Å². The van der Waals surface area contributed by atoms with Crippen LogP contribution in [0.25, 0.3) is 0 Å². The lowest BCUT2D eigenvalue weighted by Gasteiger charge is -2.11. The number of primary amides is 1. The molecule has 2 heterocycles. The lowest BCUT2D eigenvalue weighted by atomic mass is 10.1. The van der Waals surface area contributed by atoms with Crippen molar-refractivity contribution in [2.75, 3.05) is 13.2 Å². The molecule has 122 valence electrons. The zero-order valence-electron chi connectivity index (χ0n) is 13.0. The lowest BCUT2D eigenvalue weighted by molar-refractivity contribution is 0.0993. The van der Waals surface area contributed by atoms with Gasteiger partial charge in [0.25, 0.3) is 5.91 Å². The Balaban J connectivity index is 1.65. The third kappa shape index (κ3) is 4.18. The van der Waals surface area contributed by atoms with Crippen LogP contribution in [0.5, 0.6) is 0 Å². The minimum atomic E-state index is -0.518. The van der Waals surface area contributed by atoms with Crippen molar-refractivity contribution in [2.45, 2.75) is 26.2 Å². The summed E-state index contributed by atoms with van der Waals surface area (Å²) in [5.74, 6) is -0.0979. The topological polar surface area (TPSA) is 79.4 Å². The van der Waals surface area contributed by atoms with E-state index < -0.39 is 5.91 Å². The summed E-state index contributed by atoms with van der Waals surface area (Å²) in [6.07, 6.45) is 1.01. The molecule has 1 aliphatic rings. The molecule has 0 radical (unpaired) electrons. The average Bonchev–Trinajstić information content (AvgIpc) is 3.19. The number of carbonyl (C=O) groups is 1. The maximum Gasteiger partial charge on any atom is 0.269 e. The van der Waals surface area contributed by atoms with Crippen LogP contribution in [0, 0.1) is 5.92 Å². The molecule has 6 heteroatoms. The van der Waals surface area contributed by atoms with Gasteiger partial charge >= 0.3 is 0 Å². The van der Waals surface area contributed by atoms with Crippen LogP contribution in [-0.4, -0.2) is 28.9 Å². The van der Waals surface area contributed by atoms with Crippen LogP contribution < -0.4 is 5.73 Å². The number of nitrogens with two attached hydrogens (primary N) is 1. The summed E-state index contributed by atoms with van der Waals surface area (Å²) in [5, 5.41) is 4.31. The van der Waals surface area contributed by atoms with Crippen molar-refractivity contribution in [3.05, 3.63) is 53.3 Å². The first kappa shape index (κ1) is 15.7. The van der Waals surface area contributed by atoms with Gasteiger partial charge in [-0.05, 0) is 18.1 Å². The summed E-state index contributed by atoms with van der Waals surface area (Å²) in [6.45, 7) is 3.15. The van der Waals surface area contributed by atoms with Crippen LogP contribution in [0.1, 0.15) is 28.2 Å². The predicted octanol–water partition coefficient (Wildman–Crippen LogP) is 1.74. The smallest absolute Gasteiger partial charge is 0.269 e. The number of ether oxygens (including phenoxy) is 2. The Hall–Kier alpha value is -2.18. The molecule has 0 aliphatic carbocycles. The minimum Gasteiger partial charge on any atom is -0.381 e. The van der Waals surface area contributed by atoms with E-state index in [1.807, 2.05) is 35.0 Å². The van der Waals surface area contributed by atoms with Crippen LogP contribution in [0.15, 0.2) is 36.4 Å². The van der Waals surface area contributed by atoms with E-state index >= 15 is 0 Å². The molecule has 1 fully saturated rings. The van der Waals surface area contributed by atoms with E-state index in [4.69, 9.17) is 15.2 Å². The zero-order valence-corrected chi connectivity index (χ0v) is 13.0. The first-order chi connectivity index (χ1) is 11.2. The van der Waals surface area contributed by atoms with Crippen molar-refractivity contribution in [1.82, 2.24) is 9.78 Å². The van der Waals surface area contributed by atoms with Crippen LogP contribution in [0.4, 0.5) is 0 Å². The molecule has 1 saturated heterocycles. The largest absolute Gasteiger partial charge is 0.381 e. The first-order valence-electron chi connectivity index (χ1n) is 7.78. The third-order valence-electron chi connectivity index (χ3n) is 3.93. The molecule has 1 aliphatic heterocycles. The maximum absolute atomic E-state index is 11.4. The summed E-state index contributed by atoms with van der Waals surface area (Å²) in [7, 11) is 0. The van der Waals surface area contributed by atoms with Crippen molar-refractivity contribution in [3.8, 4) is 0 Å². The SMILES string of the molecule is NC(=O)c1cc(COCc2ccccc2)n(CC2CCOC2)n1. The molecule has 1 aromatic carbocycles. The Kier molecular flexibility index (Phi) is 5.05. The molecule has 1 unspecified atom stereocenters. The van der Waals surface area contributed by atoms with E-state index in [0.717, 1.165) is 37.4 Å². The highest BCUT2D eigenvalue weighted by atomic mass is 16.5. The number of benzene rings is 1. The quantitative estimate of drug-likeness (QED) is 0.844. The molecule has 1 atom stereocenters. The molecule has 1 amide bonds. The first-order valence-corrected chi connectivity index (χ1v) is 7.78. The van der Waals surface area contributed by atoms with Gasteiger partial charge in [-0.25, -0.2) is 0 Å². The number of rotatable bonds is 7. The van der Waals surface area contributed by atoms with E-state index in [0.29, 0.717) is 19.1 Å². The Labute approximate surface area is 135 Å². The number of nitrogens with zero attached hydrogens (tertiary/aromatic N) is 2. The molecule has 1 aromatic heterocycles. The van der Waals surface area contributed by atoms with Gasteiger partial charge in [0.15, 0.2) is 0 Å². The van der Waals surface area contributed by atoms with Crippen molar-refractivity contribution in [3.63, 3.8) is 0 Å². The fraction of sp³-hybridized carbons (Fsp3) is 0.412. The van der Waals surface area contributed by atoms with E-state index in [1.165, 1.54) is 0 Å². The number of hydrogen-bond acceptors (Lipinski definition) is 4. The highest BCUT2D eigenvalue weighted by Gasteiger charge is 2.19. The van der Waals surface area contributed by atoms with Gasteiger partial charge in [0.1, 0.15) is 5.69 Å². The molecule has 0 saturated carbocycles. The zero-order chi connectivity index (χ0) is 16.1. The Morgan fingerprint density at radius 2 is 2.17 bits per heavy atom. The second-order valence-corrected chi connectivity index (χ2v) is 5.78. The van der Waals surface area contributed by atoms with E-state index in [9.17, 15) is 4.79 Å². The summed E-state index contributed by atoms with van der Waals surface area (Å²) in [4.78, 5) is 11.4. The fourth-order valence-electron chi connectivity index (χ4n) is 2.67. The number of aromatic nitrogens is 2. The standard InChI is InChI=1S/C17H21N3O3/c18-17(21)16-8-15(12-23-10-13-4-2-1-3-5-13)20(19-16)9-14-6-7-22-11-14/h1-5,8,14H,6-7,9-12H2,(H2,18,21). The van der Waals surface area contributed by atoms with Crippen molar-refractivity contribution >= 4 is 5.91 Å². The van der Waals surface area contributed by atoms with Gasteiger partial charge in [-0.1, -0.05) is 30.3 Å². The maximum atomic E-state index is 11.4. The molecular formula is C17H21N3O3. The lowest BCUT2D eigenvalue weighted by Crippen LogP contribution is -2.16. The third-order valence-corrected chi connectivity index (χ3v) is 3.93. The van der Waals surface area contributed by atoms with Gasteiger partial charge < -0.3 is 15.2 Å². The van der Waals surface area contributed by atoms with Crippen molar-refractivity contribution < 1.29 is 14.3 Å². The fourth-order valence-corrected chi connectivity index (χ4v) is 2.67. The molecule has 6 nitrogen and oxygen atoms in total. The van der Waals surface area contributed by atoms with Crippen LogP contribution in [0.2, 0.25) is 0 Å². The van der Waals surface area contributed by atoms with E-state index in [-0.39, 0.29) is 5.69 Å². The summed E-state index contributed by atoms with van der Waals surface area (Å²) < 4.78 is 13.0. The van der Waals surface area contributed by atoms with Crippen LogP contribution >= 0.6 is 0 Å². The van der Waals surface area contributed by atoms with Gasteiger partial charge in [0.2, 0.25) is 0 Å². The monoisotopic (exact) mass is 315 g/mol. The Morgan fingerprint density at radius 3 is 2.87 bits per heavy atom. The highest BCUT2D eigenvalue weighted by Crippen LogP contribution is 2.17. The summed E-state index contributed by atoms with van der Waals surface area (Å²) in [6, 6.07) is 11.7. The van der Waals surface area contributed by atoms with Gasteiger partial charge in [0, 0.05) is 19.1 Å². The van der Waals surface area contributed by atoms with Gasteiger partial charge in [-0.2, -0.15) is 5.10 Å². The number of carbonyl (C=O) groups excluding carboxylic acids is 1. The minimum absolute atomic E-state index is 0.280. The predicted molar refractivity (Wildman–Crippen MR) is 84.6 cm³/mol. The number of amides is 1. The van der Waals surface area contributed by atoms with Gasteiger partial charge in [-0.15, -0.1) is 0 Å². The second-order valence-electron chi connectivity index (χ2n) is 5.78. The summed E-state index contributed by atoms with van der Waals surface area (Å²) >= 11 is 0. The Morgan fingerprint density at radius 1 is 1.35 bits per heavy atom.